The molecule has 1 N–H and O–H groups in total. The van der Waals surface area contributed by atoms with Gasteiger partial charge in [-0.25, -0.2) is 0 Å². The molecule has 0 aliphatic heterocycles. The molecule has 0 unspecified atom stereocenters. The third-order valence-electron chi connectivity index (χ3n) is 2.19. The Bertz CT molecular complexity index is 417. The molecule has 2 rings (SSSR count). The van der Waals surface area contributed by atoms with Gasteiger partial charge in [0, 0.05) is 6.54 Å². The summed E-state index contributed by atoms with van der Waals surface area (Å²) in [5.74, 6) is 0. The number of nitrogens with one attached hydrogen (secondary N) is 1. The Balaban J connectivity index is 2.21. The molecule has 1 aromatic heterocycles. The molecule has 1 heterocycles. The van der Waals surface area contributed by atoms with E-state index in [1.54, 1.807) is 0 Å². The molecular weight excluding hydrogens is 186 g/mol. The molecule has 78 valence electrons. The Morgan fingerprint density at radius 2 is 1.93 bits per heavy atom. The molecule has 1 aromatic carbocycles. The van der Waals surface area contributed by atoms with Crippen LogP contribution in [0.1, 0.15) is 5.69 Å². The summed E-state index contributed by atoms with van der Waals surface area (Å²) in [5.41, 5.74) is 3.32. The minimum Gasteiger partial charge on any atom is -0.304 e. The first-order valence-electron chi connectivity index (χ1n) is 5.00. The van der Waals surface area contributed by atoms with E-state index in [0.29, 0.717) is 0 Å². The Morgan fingerprint density at radius 3 is 2.60 bits per heavy atom. The summed E-state index contributed by atoms with van der Waals surface area (Å²) >= 11 is 0. The highest BCUT2D eigenvalue weighted by Gasteiger charge is 2.03. The third-order valence-corrected chi connectivity index (χ3v) is 2.19. The van der Waals surface area contributed by atoms with Gasteiger partial charge in [0.2, 0.25) is 0 Å². The molecule has 15 heavy (non-hydrogen) atoms. The van der Waals surface area contributed by atoms with Gasteiger partial charge in [0.05, 0.1) is 11.4 Å². The summed E-state index contributed by atoms with van der Waals surface area (Å²) in [6, 6.07) is 12.3. The van der Waals surface area contributed by atoms with Crippen LogP contribution in [0.15, 0.2) is 36.4 Å². The number of aromatic nitrogens is 2. The quantitative estimate of drug-likeness (QED) is 0.825. The lowest BCUT2D eigenvalue weighted by Crippen LogP contribution is -2.10. The molecule has 2 aromatic rings. The summed E-state index contributed by atoms with van der Waals surface area (Å²) < 4.78 is 0. The van der Waals surface area contributed by atoms with Gasteiger partial charge in [-0.15, -0.1) is 0 Å². The maximum absolute atomic E-state index is 4.27. The molecule has 0 bridgehead atoms. The molecule has 0 aliphatic rings. The van der Waals surface area contributed by atoms with Gasteiger partial charge in [-0.05, 0) is 25.7 Å². The van der Waals surface area contributed by atoms with Crippen molar-refractivity contribution in [2.75, 3.05) is 14.1 Å². The first-order chi connectivity index (χ1) is 7.25. The van der Waals surface area contributed by atoms with E-state index in [0.717, 1.165) is 17.9 Å². The second kappa shape index (κ2) is 4.28. The van der Waals surface area contributed by atoms with E-state index in [-0.39, 0.29) is 0 Å². The van der Waals surface area contributed by atoms with Crippen LogP contribution in [0.5, 0.6) is 0 Å². The zero-order valence-electron chi connectivity index (χ0n) is 9.07. The van der Waals surface area contributed by atoms with Crippen LogP contribution in [0.25, 0.3) is 11.3 Å². The Hall–Kier alpha value is -1.61. The largest absolute Gasteiger partial charge is 0.304 e. The molecule has 0 amide bonds. The van der Waals surface area contributed by atoms with Crippen LogP contribution in [0, 0.1) is 0 Å². The van der Waals surface area contributed by atoms with Crippen molar-refractivity contribution < 1.29 is 0 Å². The van der Waals surface area contributed by atoms with Crippen molar-refractivity contribution in [3.63, 3.8) is 0 Å². The van der Waals surface area contributed by atoms with Crippen molar-refractivity contribution in [1.82, 2.24) is 15.1 Å². The molecule has 0 spiro atoms. The van der Waals surface area contributed by atoms with Crippen LogP contribution in [0.2, 0.25) is 0 Å². The highest BCUT2D eigenvalue weighted by molar-refractivity contribution is 5.58. The number of H-pyrrole nitrogens is 1. The lowest BCUT2D eigenvalue weighted by atomic mass is 10.1. The van der Waals surface area contributed by atoms with Crippen molar-refractivity contribution in [2.24, 2.45) is 0 Å². The van der Waals surface area contributed by atoms with Crippen molar-refractivity contribution in [3.05, 3.63) is 42.1 Å². The van der Waals surface area contributed by atoms with E-state index in [1.165, 1.54) is 5.56 Å². The molecule has 3 nitrogen and oxygen atoms in total. The number of aromatic amines is 1. The van der Waals surface area contributed by atoms with E-state index >= 15 is 0 Å². The molecule has 3 heteroatoms. The molecule has 0 aliphatic carbocycles. The first-order valence-corrected chi connectivity index (χ1v) is 5.00. The smallest absolute Gasteiger partial charge is 0.0768 e. The fourth-order valence-electron chi connectivity index (χ4n) is 1.53. The van der Waals surface area contributed by atoms with Crippen LogP contribution in [-0.2, 0) is 6.54 Å². The molecular formula is C12H15N3. The summed E-state index contributed by atoms with van der Waals surface area (Å²) in [6.07, 6.45) is 0. The Labute approximate surface area is 89.7 Å². The van der Waals surface area contributed by atoms with E-state index in [2.05, 4.69) is 33.3 Å². The minimum atomic E-state index is 0.864. The summed E-state index contributed by atoms with van der Waals surface area (Å²) in [7, 11) is 4.08. The van der Waals surface area contributed by atoms with Crippen molar-refractivity contribution in [3.8, 4) is 11.3 Å². The van der Waals surface area contributed by atoms with Crippen molar-refractivity contribution in [2.45, 2.75) is 6.54 Å². The molecule has 0 saturated heterocycles. The predicted molar refractivity (Wildman–Crippen MR) is 61.4 cm³/mol. The number of hydrogen-bond acceptors (Lipinski definition) is 2. The molecule has 0 fully saturated rings. The average molecular weight is 201 g/mol. The molecule has 0 radical (unpaired) electrons. The van der Waals surface area contributed by atoms with Crippen LogP contribution in [0.4, 0.5) is 0 Å². The summed E-state index contributed by atoms with van der Waals surface area (Å²) in [5, 5.41) is 7.32. The third kappa shape index (κ3) is 2.44. The van der Waals surface area contributed by atoms with Gasteiger partial charge in [-0.3, -0.25) is 5.10 Å². The zero-order chi connectivity index (χ0) is 10.7. The second-order valence-electron chi connectivity index (χ2n) is 3.88. The number of benzene rings is 1. The summed E-state index contributed by atoms with van der Waals surface area (Å²) in [6.45, 7) is 0.864. The van der Waals surface area contributed by atoms with E-state index in [1.807, 2.05) is 32.3 Å². The van der Waals surface area contributed by atoms with E-state index < -0.39 is 0 Å². The molecule has 0 atom stereocenters. The maximum atomic E-state index is 4.27. The highest BCUT2D eigenvalue weighted by atomic mass is 15.2. The van der Waals surface area contributed by atoms with Gasteiger partial charge in [0.15, 0.2) is 0 Å². The number of hydrogen-bond donors (Lipinski definition) is 1. The van der Waals surface area contributed by atoms with Crippen LogP contribution in [0.3, 0.4) is 0 Å². The lowest BCUT2D eigenvalue weighted by molar-refractivity contribution is 0.396. The van der Waals surface area contributed by atoms with Crippen molar-refractivity contribution >= 4 is 0 Å². The van der Waals surface area contributed by atoms with E-state index in [9.17, 15) is 0 Å². The number of nitrogens with zero attached hydrogens (tertiary/aromatic N) is 2. The Morgan fingerprint density at radius 1 is 1.20 bits per heavy atom. The van der Waals surface area contributed by atoms with Crippen LogP contribution < -0.4 is 0 Å². The minimum absolute atomic E-state index is 0.864. The highest BCUT2D eigenvalue weighted by Crippen LogP contribution is 2.16. The molecule has 0 saturated carbocycles. The first kappa shape index (κ1) is 9.93. The van der Waals surface area contributed by atoms with Gasteiger partial charge >= 0.3 is 0 Å². The van der Waals surface area contributed by atoms with Crippen molar-refractivity contribution in [1.29, 1.82) is 0 Å². The van der Waals surface area contributed by atoms with Gasteiger partial charge in [0.1, 0.15) is 0 Å². The van der Waals surface area contributed by atoms with Crippen LogP contribution in [-0.4, -0.2) is 29.2 Å². The maximum Gasteiger partial charge on any atom is 0.0768 e. The average Bonchev–Trinajstić information content (AvgIpc) is 2.67. The normalized spacial score (nSPS) is 10.9. The monoisotopic (exact) mass is 201 g/mol. The van der Waals surface area contributed by atoms with E-state index in [4.69, 9.17) is 0 Å². The van der Waals surface area contributed by atoms with Crippen LogP contribution >= 0.6 is 0 Å². The van der Waals surface area contributed by atoms with Gasteiger partial charge < -0.3 is 4.90 Å². The van der Waals surface area contributed by atoms with Gasteiger partial charge in [-0.1, -0.05) is 30.3 Å². The van der Waals surface area contributed by atoms with Gasteiger partial charge in [-0.2, -0.15) is 5.10 Å². The Kier molecular flexibility index (Phi) is 2.83. The topological polar surface area (TPSA) is 31.9 Å². The number of rotatable bonds is 3. The van der Waals surface area contributed by atoms with Gasteiger partial charge in [0.25, 0.3) is 0 Å². The lowest BCUT2D eigenvalue weighted by Gasteiger charge is -2.04. The fraction of sp³-hybridized carbons (Fsp3) is 0.250. The summed E-state index contributed by atoms with van der Waals surface area (Å²) in [4.78, 5) is 2.10. The SMILES string of the molecule is CN(C)Cc1cc(-c2ccccc2)[nH]n1. The second-order valence-corrected chi connectivity index (χ2v) is 3.88. The zero-order valence-corrected chi connectivity index (χ0v) is 9.07. The predicted octanol–water partition coefficient (Wildman–Crippen LogP) is 2.14. The fourth-order valence-corrected chi connectivity index (χ4v) is 1.53. The standard InChI is InChI=1S/C12H15N3/c1-15(2)9-11-8-12(14-13-11)10-6-4-3-5-7-10/h3-8H,9H2,1-2H3,(H,13,14).